The topological polar surface area (TPSA) is 110 Å². The van der Waals surface area contributed by atoms with Crippen LogP contribution in [-0.2, 0) is 22.4 Å². The van der Waals surface area contributed by atoms with Crippen molar-refractivity contribution in [1.29, 1.82) is 0 Å². The Hall–Kier alpha value is -3.42. The van der Waals surface area contributed by atoms with Gasteiger partial charge >= 0.3 is 12.0 Å². The molecule has 3 rings (SSSR count). The molecule has 1 aromatic heterocycles. The zero-order valence-corrected chi connectivity index (χ0v) is 18.4. The van der Waals surface area contributed by atoms with Crippen molar-refractivity contribution >= 4 is 18.2 Å². The van der Waals surface area contributed by atoms with Gasteiger partial charge in [0.25, 0.3) is 0 Å². The van der Waals surface area contributed by atoms with Gasteiger partial charge in [-0.1, -0.05) is 30.3 Å². The molecule has 170 valence electrons. The summed E-state index contributed by atoms with van der Waals surface area (Å²) in [5, 5.41) is 6.43. The smallest absolute Gasteiger partial charge is 0.329 e. The van der Waals surface area contributed by atoms with Crippen molar-refractivity contribution in [3.8, 4) is 0 Å². The molecule has 2 heterocycles. The van der Waals surface area contributed by atoms with E-state index in [0.29, 0.717) is 25.4 Å². The maximum absolute atomic E-state index is 13.0. The Balaban J connectivity index is 1.59. The van der Waals surface area contributed by atoms with Crippen LogP contribution in [0.4, 0.5) is 4.79 Å². The Morgan fingerprint density at radius 3 is 2.81 bits per heavy atom. The van der Waals surface area contributed by atoms with Gasteiger partial charge in [0.2, 0.25) is 0 Å². The summed E-state index contributed by atoms with van der Waals surface area (Å²) in [6.45, 7) is 3.35. The summed E-state index contributed by atoms with van der Waals surface area (Å²) in [5.74, 6) is 5.13. The normalized spacial score (nSPS) is 17.2. The molecule has 1 aliphatic heterocycles. The number of hydrazone groups is 1. The molecule has 1 saturated heterocycles. The van der Waals surface area contributed by atoms with Crippen LogP contribution in [0.1, 0.15) is 36.5 Å². The van der Waals surface area contributed by atoms with Gasteiger partial charge in [-0.2, -0.15) is 5.10 Å². The Morgan fingerprint density at radius 1 is 1.31 bits per heavy atom. The summed E-state index contributed by atoms with van der Waals surface area (Å²) < 4.78 is 5.18. The first-order chi connectivity index (χ1) is 15.6. The van der Waals surface area contributed by atoms with Crippen LogP contribution in [0.3, 0.4) is 0 Å². The molecule has 2 unspecified atom stereocenters. The van der Waals surface area contributed by atoms with E-state index in [1.54, 1.807) is 30.4 Å². The predicted octanol–water partition coefficient (Wildman–Crippen LogP) is 2.51. The molecule has 1 aliphatic rings. The average molecular weight is 438 g/mol. The zero-order valence-electron chi connectivity index (χ0n) is 18.4. The SMILES string of the molecule is CCOC(=O)C(Cc1cccnc1)NC(=O)N1CCCC(Cc2ccc(C=NN)cc2)C1. The molecule has 0 bridgehead atoms. The standard InChI is InChI=1S/C24H31N5O3/c1-2-32-23(30)22(14-20-5-3-11-26-15-20)28-24(31)29-12-4-6-21(17-29)13-18-7-9-19(10-8-18)16-27-25/h3,5,7-11,15-16,21-22H,2,4,6,12-14,17,25H2,1H3,(H,28,31). The summed E-state index contributed by atoms with van der Waals surface area (Å²) in [6.07, 6.45) is 8.21. The van der Waals surface area contributed by atoms with E-state index in [4.69, 9.17) is 10.6 Å². The average Bonchev–Trinajstić information content (AvgIpc) is 2.81. The fraction of sp³-hybridized carbons (Fsp3) is 0.417. The van der Waals surface area contributed by atoms with Crippen molar-refractivity contribution in [3.63, 3.8) is 0 Å². The highest BCUT2D eigenvalue weighted by Gasteiger charge is 2.28. The number of rotatable bonds is 8. The van der Waals surface area contributed by atoms with Crippen LogP contribution in [0, 0.1) is 5.92 Å². The molecule has 8 nitrogen and oxygen atoms in total. The summed E-state index contributed by atoms with van der Waals surface area (Å²) in [4.78, 5) is 31.3. The van der Waals surface area contributed by atoms with Crippen LogP contribution in [0.2, 0.25) is 0 Å². The number of hydrogen-bond donors (Lipinski definition) is 2. The lowest BCUT2D eigenvalue weighted by Crippen LogP contribution is -2.52. The number of esters is 1. The van der Waals surface area contributed by atoms with Crippen LogP contribution in [0.15, 0.2) is 53.9 Å². The van der Waals surface area contributed by atoms with Gasteiger partial charge in [0, 0.05) is 31.9 Å². The van der Waals surface area contributed by atoms with Gasteiger partial charge in [-0.3, -0.25) is 4.98 Å². The minimum Gasteiger partial charge on any atom is -0.464 e. The van der Waals surface area contributed by atoms with E-state index in [1.807, 2.05) is 24.3 Å². The molecule has 0 spiro atoms. The Bertz CT molecular complexity index is 902. The zero-order chi connectivity index (χ0) is 22.8. The highest BCUT2D eigenvalue weighted by Crippen LogP contribution is 2.21. The van der Waals surface area contributed by atoms with Crippen molar-refractivity contribution < 1.29 is 14.3 Å². The third kappa shape index (κ3) is 6.80. The molecule has 32 heavy (non-hydrogen) atoms. The number of nitrogens with two attached hydrogens (primary N) is 1. The number of pyridine rings is 1. The van der Waals surface area contributed by atoms with Crippen LogP contribution < -0.4 is 11.2 Å². The Labute approximate surface area is 188 Å². The first kappa shape index (κ1) is 23.2. The van der Waals surface area contributed by atoms with Crippen LogP contribution in [-0.4, -0.2) is 53.8 Å². The number of benzene rings is 1. The highest BCUT2D eigenvalue weighted by molar-refractivity contribution is 5.84. The molecule has 2 amide bonds. The van der Waals surface area contributed by atoms with Crippen LogP contribution >= 0.6 is 0 Å². The lowest BCUT2D eigenvalue weighted by atomic mass is 9.91. The molecule has 2 atom stereocenters. The maximum atomic E-state index is 13.0. The summed E-state index contributed by atoms with van der Waals surface area (Å²) in [7, 11) is 0. The van der Waals surface area contributed by atoms with Crippen molar-refractivity contribution in [3.05, 3.63) is 65.5 Å². The van der Waals surface area contributed by atoms with Gasteiger partial charge in [-0.15, -0.1) is 0 Å². The lowest BCUT2D eigenvalue weighted by Gasteiger charge is -2.34. The summed E-state index contributed by atoms with van der Waals surface area (Å²) in [6, 6.07) is 10.8. The molecular formula is C24H31N5O3. The number of carbonyl (C=O) groups excluding carboxylic acids is 2. The Morgan fingerprint density at radius 2 is 2.12 bits per heavy atom. The van der Waals surface area contributed by atoms with E-state index in [1.165, 1.54) is 5.56 Å². The highest BCUT2D eigenvalue weighted by atomic mass is 16.5. The van der Waals surface area contributed by atoms with Crippen LogP contribution in [0.5, 0.6) is 0 Å². The first-order valence-corrected chi connectivity index (χ1v) is 11.0. The van der Waals surface area contributed by atoms with E-state index in [9.17, 15) is 9.59 Å². The fourth-order valence-corrected chi connectivity index (χ4v) is 4.01. The van der Waals surface area contributed by atoms with E-state index >= 15 is 0 Å². The van der Waals surface area contributed by atoms with Crippen molar-refractivity contribution in [2.24, 2.45) is 16.9 Å². The minimum absolute atomic E-state index is 0.230. The Kier molecular flexibility index (Phi) is 8.60. The van der Waals surface area contributed by atoms with Crippen molar-refractivity contribution in [2.75, 3.05) is 19.7 Å². The second-order valence-electron chi connectivity index (χ2n) is 8.00. The largest absolute Gasteiger partial charge is 0.464 e. The molecule has 0 radical (unpaired) electrons. The van der Waals surface area contributed by atoms with Gasteiger partial charge in [-0.25, -0.2) is 9.59 Å². The number of likely N-dealkylation sites (tertiary alicyclic amines) is 1. The van der Waals surface area contributed by atoms with Gasteiger partial charge in [0.05, 0.1) is 12.8 Å². The molecule has 0 aliphatic carbocycles. The van der Waals surface area contributed by atoms with Gasteiger partial charge in [0.15, 0.2) is 0 Å². The second kappa shape index (κ2) is 11.8. The quantitative estimate of drug-likeness (QED) is 0.285. The maximum Gasteiger partial charge on any atom is 0.329 e. The van der Waals surface area contributed by atoms with Gasteiger partial charge in [0.1, 0.15) is 6.04 Å². The third-order valence-electron chi connectivity index (χ3n) is 5.57. The monoisotopic (exact) mass is 437 g/mol. The molecule has 2 aromatic rings. The number of nitrogens with zero attached hydrogens (tertiary/aromatic N) is 3. The number of aromatic nitrogens is 1. The van der Waals surface area contributed by atoms with Crippen molar-refractivity contribution in [1.82, 2.24) is 15.2 Å². The number of carbonyl (C=O) groups is 2. The number of ether oxygens (including phenoxy) is 1. The number of piperidine rings is 1. The minimum atomic E-state index is -0.746. The number of urea groups is 1. The molecular weight excluding hydrogens is 406 g/mol. The number of nitrogens with one attached hydrogen (secondary N) is 1. The van der Waals surface area contributed by atoms with Crippen molar-refractivity contribution in [2.45, 2.75) is 38.6 Å². The second-order valence-corrected chi connectivity index (χ2v) is 8.00. The fourth-order valence-electron chi connectivity index (χ4n) is 4.01. The van der Waals surface area contributed by atoms with E-state index in [0.717, 1.165) is 30.4 Å². The summed E-state index contributed by atoms with van der Waals surface area (Å²) >= 11 is 0. The lowest BCUT2D eigenvalue weighted by molar-refractivity contribution is -0.145. The van der Waals surface area contributed by atoms with Gasteiger partial charge in [-0.05, 0) is 54.9 Å². The predicted molar refractivity (Wildman–Crippen MR) is 123 cm³/mol. The number of amides is 2. The molecule has 0 saturated carbocycles. The molecule has 1 aromatic carbocycles. The van der Waals surface area contributed by atoms with E-state index < -0.39 is 12.0 Å². The van der Waals surface area contributed by atoms with E-state index in [2.05, 4.69) is 27.5 Å². The molecule has 1 fully saturated rings. The van der Waals surface area contributed by atoms with E-state index in [-0.39, 0.29) is 12.6 Å². The molecule has 8 heteroatoms. The summed E-state index contributed by atoms with van der Waals surface area (Å²) in [5.41, 5.74) is 3.04. The van der Waals surface area contributed by atoms with Gasteiger partial charge < -0.3 is 20.8 Å². The first-order valence-electron chi connectivity index (χ1n) is 11.0. The molecule has 3 N–H and O–H groups in total. The van der Waals surface area contributed by atoms with Crippen LogP contribution in [0.25, 0.3) is 0 Å². The number of hydrogen-bond acceptors (Lipinski definition) is 6. The third-order valence-corrected chi connectivity index (χ3v) is 5.57.